The highest BCUT2D eigenvalue weighted by Crippen LogP contribution is 2.37. The molecule has 3 heterocycles. The fraction of sp³-hybridized carbons (Fsp3) is 0.474. The first-order valence-corrected chi connectivity index (χ1v) is 8.89. The summed E-state index contributed by atoms with van der Waals surface area (Å²) in [4.78, 5) is 14.6. The van der Waals surface area contributed by atoms with Crippen LogP contribution in [-0.2, 0) is 11.8 Å². The van der Waals surface area contributed by atoms with Gasteiger partial charge in [-0.25, -0.2) is 4.39 Å². The molecule has 1 spiro atoms. The number of ether oxygens (including phenoxy) is 2. The van der Waals surface area contributed by atoms with E-state index in [1.807, 2.05) is 4.90 Å². The van der Waals surface area contributed by atoms with E-state index in [4.69, 9.17) is 9.47 Å². The van der Waals surface area contributed by atoms with Gasteiger partial charge in [0, 0.05) is 26.2 Å². The predicted molar refractivity (Wildman–Crippen MR) is 92.5 cm³/mol. The number of para-hydroxylation sites is 1. The molecule has 0 bridgehead atoms. The van der Waals surface area contributed by atoms with Crippen LogP contribution >= 0.6 is 0 Å². The minimum absolute atomic E-state index is 0.0360. The second kappa shape index (κ2) is 6.72. The number of carbonyl (C=O) groups is 1. The number of hydrogen-bond acceptors (Lipinski definition) is 4. The Labute approximate surface area is 151 Å². The Balaban J connectivity index is 1.43. The topological polar surface area (TPSA) is 56.6 Å². The molecule has 4 rings (SSSR count). The Kier molecular flexibility index (Phi) is 4.40. The van der Waals surface area contributed by atoms with Gasteiger partial charge in [-0.2, -0.15) is 5.10 Å². The summed E-state index contributed by atoms with van der Waals surface area (Å²) in [6.07, 6.45) is 3.81. The first kappa shape index (κ1) is 17.0. The Morgan fingerprint density at radius 3 is 3.00 bits per heavy atom. The molecule has 0 radical (unpaired) electrons. The van der Waals surface area contributed by atoms with Gasteiger partial charge < -0.3 is 14.4 Å². The zero-order valence-corrected chi connectivity index (χ0v) is 14.7. The van der Waals surface area contributed by atoms with E-state index in [2.05, 4.69) is 5.10 Å². The highest BCUT2D eigenvalue weighted by Gasteiger charge is 2.45. The molecule has 2 saturated heterocycles. The Morgan fingerprint density at radius 1 is 1.38 bits per heavy atom. The molecule has 7 heteroatoms. The van der Waals surface area contributed by atoms with Crippen LogP contribution in [-0.4, -0.2) is 52.0 Å². The normalized spacial score (nSPS) is 25.6. The molecule has 2 atom stereocenters. The van der Waals surface area contributed by atoms with Gasteiger partial charge in [0.25, 0.3) is 5.91 Å². The van der Waals surface area contributed by atoms with Gasteiger partial charge in [0.05, 0.1) is 18.8 Å². The summed E-state index contributed by atoms with van der Waals surface area (Å²) in [7, 11) is 1.76. The number of piperidine rings is 1. The van der Waals surface area contributed by atoms with Crippen molar-refractivity contribution in [2.24, 2.45) is 7.05 Å². The van der Waals surface area contributed by atoms with Crippen molar-refractivity contribution in [1.29, 1.82) is 0 Å². The molecule has 0 N–H and O–H groups in total. The lowest BCUT2D eigenvalue weighted by molar-refractivity contribution is -0.0455. The van der Waals surface area contributed by atoms with Crippen LogP contribution in [0.25, 0.3) is 0 Å². The van der Waals surface area contributed by atoms with E-state index in [9.17, 15) is 9.18 Å². The number of hydrogen-bond donors (Lipinski definition) is 0. The van der Waals surface area contributed by atoms with Gasteiger partial charge in [0.15, 0.2) is 11.6 Å². The van der Waals surface area contributed by atoms with E-state index in [-0.39, 0.29) is 23.6 Å². The summed E-state index contributed by atoms with van der Waals surface area (Å²) < 4.78 is 27.3. The van der Waals surface area contributed by atoms with Crippen molar-refractivity contribution < 1.29 is 18.7 Å². The predicted octanol–water partition coefficient (Wildman–Crippen LogP) is 2.40. The number of carbonyl (C=O) groups excluding carboxylic acids is 1. The van der Waals surface area contributed by atoms with Crippen LogP contribution in [0.15, 0.2) is 36.5 Å². The van der Waals surface area contributed by atoms with Crippen LogP contribution in [0.2, 0.25) is 0 Å². The summed E-state index contributed by atoms with van der Waals surface area (Å²) in [5.41, 5.74) is 0.154. The van der Waals surface area contributed by atoms with Crippen molar-refractivity contribution >= 4 is 5.91 Å². The molecule has 2 aromatic rings. The zero-order chi connectivity index (χ0) is 18.1. The van der Waals surface area contributed by atoms with Crippen LogP contribution in [0.5, 0.6) is 5.75 Å². The van der Waals surface area contributed by atoms with Crippen molar-refractivity contribution in [1.82, 2.24) is 14.7 Å². The van der Waals surface area contributed by atoms with E-state index in [1.165, 1.54) is 6.07 Å². The molecule has 1 aromatic heterocycles. The molecule has 1 amide bonds. The molecule has 1 aromatic carbocycles. The first-order chi connectivity index (χ1) is 12.6. The van der Waals surface area contributed by atoms with Gasteiger partial charge in [-0.15, -0.1) is 0 Å². The lowest BCUT2D eigenvalue weighted by atomic mass is 9.89. The van der Waals surface area contributed by atoms with Gasteiger partial charge in [-0.05, 0) is 31.0 Å². The molecule has 0 aliphatic carbocycles. The van der Waals surface area contributed by atoms with E-state index in [0.29, 0.717) is 31.8 Å². The van der Waals surface area contributed by atoms with Gasteiger partial charge >= 0.3 is 0 Å². The molecule has 2 aliphatic rings. The minimum Gasteiger partial charge on any atom is -0.485 e. The summed E-state index contributed by atoms with van der Waals surface area (Å²) >= 11 is 0. The highest BCUT2D eigenvalue weighted by atomic mass is 19.1. The van der Waals surface area contributed by atoms with Crippen LogP contribution in [0, 0.1) is 5.82 Å². The van der Waals surface area contributed by atoms with Gasteiger partial charge in [0.1, 0.15) is 11.8 Å². The van der Waals surface area contributed by atoms with Crippen molar-refractivity contribution in [3.05, 3.63) is 48.0 Å². The van der Waals surface area contributed by atoms with Gasteiger partial charge in [0.2, 0.25) is 0 Å². The van der Waals surface area contributed by atoms with Crippen LogP contribution in [0.3, 0.4) is 0 Å². The minimum atomic E-state index is -0.414. The average molecular weight is 359 g/mol. The lowest BCUT2D eigenvalue weighted by Gasteiger charge is -2.39. The number of amides is 1. The molecule has 6 nitrogen and oxygen atoms in total. The van der Waals surface area contributed by atoms with Crippen molar-refractivity contribution in [2.45, 2.75) is 31.0 Å². The largest absolute Gasteiger partial charge is 0.485 e. The third-order valence-electron chi connectivity index (χ3n) is 5.17. The lowest BCUT2D eigenvalue weighted by Crippen LogP contribution is -2.50. The third-order valence-corrected chi connectivity index (χ3v) is 5.17. The number of nitrogens with zero attached hydrogens (tertiary/aromatic N) is 3. The number of aryl methyl sites for hydroxylation is 1. The van der Waals surface area contributed by atoms with E-state index >= 15 is 0 Å². The Morgan fingerprint density at radius 2 is 2.23 bits per heavy atom. The van der Waals surface area contributed by atoms with Crippen LogP contribution in [0.4, 0.5) is 4.39 Å². The molecule has 0 saturated carbocycles. The van der Waals surface area contributed by atoms with Crippen LogP contribution < -0.4 is 4.74 Å². The highest BCUT2D eigenvalue weighted by molar-refractivity contribution is 5.92. The average Bonchev–Trinajstić information content (AvgIpc) is 3.23. The molecule has 2 aliphatic heterocycles. The number of halogens is 1. The molecule has 26 heavy (non-hydrogen) atoms. The maximum absolute atomic E-state index is 13.8. The number of likely N-dealkylation sites (tertiary alicyclic amines) is 1. The Hall–Kier alpha value is -2.41. The summed E-state index contributed by atoms with van der Waals surface area (Å²) in [6, 6.07) is 8.12. The summed E-state index contributed by atoms with van der Waals surface area (Å²) in [5, 5.41) is 4.07. The first-order valence-electron chi connectivity index (χ1n) is 8.89. The fourth-order valence-electron chi connectivity index (χ4n) is 3.90. The number of aromatic nitrogens is 2. The summed E-state index contributed by atoms with van der Waals surface area (Å²) in [6.45, 7) is 1.63. The number of rotatable bonds is 3. The summed E-state index contributed by atoms with van der Waals surface area (Å²) in [5.74, 6) is -0.159. The third kappa shape index (κ3) is 3.19. The van der Waals surface area contributed by atoms with Crippen molar-refractivity contribution in [3.8, 4) is 5.75 Å². The Bertz CT molecular complexity index is 809. The maximum Gasteiger partial charge on any atom is 0.272 e. The monoisotopic (exact) mass is 359 g/mol. The van der Waals surface area contributed by atoms with E-state index < -0.39 is 5.60 Å². The SMILES string of the molecule is Cn1nccc1C(=O)N1CCC[C@@]2(C[C@@H](Oc3ccccc3F)CO2)C1. The molecule has 138 valence electrons. The van der Waals surface area contributed by atoms with Gasteiger partial charge in [-0.3, -0.25) is 9.48 Å². The fourth-order valence-corrected chi connectivity index (χ4v) is 3.90. The second-order valence-corrected chi connectivity index (χ2v) is 7.04. The van der Waals surface area contributed by atoms with Crippen molar-refractivity contribution in [2.75, 3.05) is 19.7 Å². The molecular formula is C19H22FN3O3. The molecule has 2 fully saturated rings. The van der Waals surface area contributed by atoms with Crippen LogP contribution in [0.1, 0.15) is 29.8 Å². The molecule has 0 unspecified atom stereocenters. The quantitative estimate of drug-likeness (QED) is 0.844. The smallest absolute Gasteiger partial charge is 0.272 e. The number of benzene rings is 1. The second-order valence-electron chi connectivity index (χ2n) is 7.04. The van der Waals surface area contributed by atoms with Gasteiger partial charge in [-0.1, -0.05) is 12.1 Å². The molecular weight excluding hydrogens is 337 g/mol. The van der Waals surface area contributed by atoms with E-state index in [0.717, 1.165) is 12.8 Å². The standard InChI is InChI=1S/C19H22FN3O3/c1-22-16(7-9-21-22)18(24)23-10-4-8-19(13-23)11-14(12-25-19)26-17-6-3-2-5-15(17)20/h2-3,5-7,9,14H,4,8,10-13H2,1H3/t14-,19-/m1/s1. The van der Waals surface area contributed by atoms with Crippen molar-refractivity contribution in [3.63, 3.8) is 0 Å². The maximum atomic E-state index is 13.8. The van der Waals surface area contributed by atoms with E-state index in [1.54, 1.807) is 42.2 Å². The zero-order valence-electron chi connectivity index (χ0n) is 14.7.